The number of nitrogens with zero attached hydrogens (tertiary/aromatic N) is 3. The number of hydrogen-bond acceptors (Lipinski definition) is 4. The summed E-state index contributed by atoms with van der Waals surface area (Å²) < 4.78 is 7.27. The molecule has 1 aromatic heterocycles. The molecule has 112 valence electrons. The normalized spacial score (nSPS) is 11.4. The quantitative estimate of drug-likeness (QED) is 0.936. The first kappa shape index (κ1) is 15.2. The van der Waals surface area contributed by atoms with Crippen LogP contribution in [-0.2, 0) is 16.6 Å². The topological polar surface area (TPSA) is 69.0 Å². The van der Waals surface area contributed by atoms with Crippen LogP contribution in [0.5, 0.6) is 0 Å². The van der Waals surface area contributed by atoms with E-state index in [0.29, 0.717) is 0 Å². The molecule has 0 aliphatic rings. The van der Waals surface area contributed by atoms with E-state index in [0.717, 1.165) is 17.1 Å². The van der Waals surface area contributed by atoms with Crippen molar-refractivity contribution < 1.29 is 9.53 Å². The summed E-state index contributed by atoms with van der Waals surface area (Å²) in [5.41, 5.74) is 1.34. The van der Waals surface area contributed by atoms with Gasteiger partial charge >= 0.3 is 0 Å². The Labute approximate surface area is 124 Å². The van der Waals surface area contributed by atoms with Crippen molar-refractivity contribution >= 4 is 11.6 Å². The van der Waals surface area contributed by atoms with E-state index in [1.165, 1.54) is 0 Å². The second-order valence-corrected chi connectivity index (χ2v) is 5.79. The number of carbonyl (C=O) groups is 1. The molecule has 1 heterocycles. The third-order valence-corrected chi connectivity index (χ3v) is 2.77. The highest BCUT2D eigenvalue weighted by Crippen LogP contribution is 2.18. The van der Waals surface area contributed by atoms with Gasteiger partial charge in [0.05, 0.1) is 5.60 Å². The van der Waals surface area contributed by atoms with Crippen LogP contribution in [0.3, 0.4) is 0 Å². The monoisotopic (exact) mass is 288 g/mol. The van der Waals surface area contributed by atoms with Gasteiger partial charge in [0.25, 0.3) is 0 Å². The van der Waals surface area contributed by atoms with E-state index in [4.69, 9.17) is 4.74 Å². The Morgan fingerprint density at radius 3 is 2.48 bits per heavy atom. The van der Waals surface area contributed by atoms with Crippen molar-refractivity contribution in [3.63, 3.8) is 0 Å². The molecule has 0 saturated carbocycles. The zero-order valence-corrected chi connectivity index (χ0v) is 12.8. The van der Waals surface area contributed by atoms with Crippen LogP contribution in [0.2, 0.25) is 0 Å². The number of anilines is 1. The lowest BCUT2D eigenvalue weighted by atomic mass is 10.2. The minimum Gasteiger partial charge on any atom is -0.366 e. The van der Waals surface area contributed by atoms with Gasteiger partial charge in [-0.1, -0.05) is 0 Å². The molecule has 1 N–H and O–H groups in total. The van der Waals surface area contributed by atoms with E-state index in [1.54, 1.807) is 6.33 Å². The molecular weight excluding hydrogens is 268 g/mol. The highest BCUT2D eigenvalue weighted by Gasteiger charge is 2.13. The van der Waals surface area contributed by atoms with Crippen molar-refractivity contribution in [3.05, 3.63) is 30.6 Å². The van der Waals surface area contributed by atoms with Gasteiger partial charge in [0, 0.05) is 18.3 Å². The van der Waals surface area contributed by atoms with Gasteiger partial charge in [0.1, 0.15) is 12.9 Å². The van der Waals surface area contributed by atoms with Gasteiger partial charge in [-0.25, -0.2) is 0 Å². The van der Waals surface area contributed by atoms with E-state index < -0.39 is 0 Å². The molecule has 2 rings (SSSR count). The molecule has 0 saturated heterocycles. The second kappa shape index (κ2) is 6.05. The summed E-state index contributed by atoms with van der Waals surface area (Å²) in [6, 6.07) is 7.45. The number of rotatable bonds is 4. The Bertz CT molecular complexity index is 611. The largest absolute Gasteiger partial charge is 0.366 e. The van der Waals surface area contributed by atoms with Crippen LogP contribution in [-0.4, -0.2) is 32.9 Å². The second-order valence-electron chi connectivity index (χ2n) is 5.79. The number of aryl methyl sites for hydroxylation is 1. The molecular formula is C15H20N4O2. The highest BCUT2D eigenvalue weighted by molar-refractivity contribution is 5.91. The van der Waals surface area contributed by atoms with Gasteiger partial charge in [-0.2, -0.15) is 0 Å². The number of nitrogens with one attached hydrogen (secondary N) is 1. The molecule has 6 nitrogen and oxygen atoms in total. The predicted octanol–water partition coefficient (Wildman–Crippen LogP) is 2.24. The summed E-state index contributed by atoms with van der Waals surface area (Å²) in [5.74, 6) is 0.611. The van der Waals surface area contributed by atoms with Gasteiger partial charge in [-0.3, -0.25) is 4.79 Å². The summed E-state index contributed by atoms with van der Waals surface area (Å²) in [6.45, 7) is 5.77. The van der Waals surface area contributed by atoms with Crippen LogP contribution in [0.15, 0.2) is 30.6 Å². The van der Waals surface area contributed by atoms with E-state index in [2.05, 4.69) is 15.5 Å². The Morgan fingerprint density at radius 1 is 1.29 bits per heavy atom. The average molecular weight is 288 g/mol. The molecule has 0 bridgehead atoms. The SMILES string of the molecule is Cn1cnnc1-c1ccc(NC(=O)COC(C)(C)C)cc1. The molecule has 0 aliphatic heterocycles. The molecule has 0 aliphatic carbocycles. The van der Waals surface area contributed by atoms with Crippen LogP contribution in [0.4, 0.5) is 5.69 Å². The number of benzene rings is 1. The summed E-state index contributed by atoms with van der Waals surface area (Å²) in [7, 11) is 1.88. The Kier molecular flexibility index (Phi) is 4.37. The summed E-state index contributed by atoms with van der Waals surface area (Å²) in [5, 5.41) is 10.7. The fourth-order valence-corrected chi connectivity index (χ4v) is 1.73. The lowest BCUT2D eigenvalue weighted by Gasteiger charge is -2.19. The predicted molar refractivity (Wildman–Crippen MR) is 80.8 cm³/mol. The fourth-order valence-electron chi connectivity index (χ4n) is 1.73. The van der Waals surface area contributed by atoms with E-state index in [9.17, 15) is 4.79 Å². The molecule has 2 aromatic rings. The van der Waals surface area contributed by atoms with Crippen LogP contribution >= 0.6 is 0 Å². The third-order valence-electron chi connectivity index (χ3n) is 2.77. The maximum atomic E-state index is 11.8. The number of ether oxygens (including phenoxy) is 1. The van der Waals surface area contributed by atoms with Crippen LogP contribution in [0, 0.1) is 0 Å². The van der Waals surface area contributed by atoms with E-state index in [-0.39, 0.29) is 18.1 Å². The van der Waals surface area contributed by atoms with Crippen molar-refractivity contribution in [2.24, 2.45) is 7.05 Å². The first-order chi connectivity index (χ1) is 9.85. The average Bonchev–Trinajstić information content (AvgIpc) is 2.83. The zero-order valence-electron chi connectivity index (χ0n) is 12.8. The molecule has 6 heteroatoms. The molecule has 0 atom stereocenters. The number of hydrogen-bond donors (Lipinski definition) is 1. The minimum atomic E-state index is -0.327. The summed E-state index contributed by atoms with van der Waals surface area (Å²) in [4.78, 5) is 11.8. The first-order valence-electron chi connectivity index (χ1n) is 6.73. The molecule has 0 fully saturated rings. The van der Waals surface area contributed by atoms with Gasteiger partial charge in [-0.05, 0) is 45.0 Å². The molecule has 1 aromatic carbocycles. The van der Waals surface area contributed by atoms with E-state index in [1.807, 2.05) is 56.7 Å². The molecule has 0 radical (unpaired) electrons. The lowest BCUT2D eigenvalue weighted by molar-refractivity contribution is -0.125. The van der Waals surface area contributed by atoms with Crippen molar-refractivity contribution in [1.29, 1.82) is 0 Å². The van der Waals surface area contributed by atoms with Gasteiger partial charge in [-0.15, -0.1) is 10.2 Å². The van der Waals surface area contributed by atoms with Crippen molar-refractivity contribution in [2.45, 2.75) is 26.4 Å². The summed E-state index contributed by atoms with van der Waals surface area (Å²) in [6.07, 6.45) is 1.65. The maximum Gasteiger partial charge on any atom is 0.250 e. The Hall–Kier alpha value is -2.21. The third kappa shape index (κ3) is 4.39. The zero-order chi connectivity index (χ0) is 15.5. The van der Waals surface area contributed by atoms with Crippen molar-refractivity contribution in [2.75, 3.05) is 11.9 Å². The first-order valence-corrected chi connectivity index (χ1v) is 6.73. The van der Waals surface area contributed by atoms with E-state index >= 15 is 0 Å². The van der Waals surface area contributed by atoms with Gasteiger partial charge in [0.15, 0.2) is 5.82 Å². The Balaban J connectivity index is 1.97. The number of carbonyl (C=O) groups excluding carboxylic acids is 1. The summed E-state index contributed by atoms with van der Waals surface area (Å²) >= 11 is 0. The Morgan fingerprint density at radius 2 is 1.95 bits per heavy atom. The smallest absolute Gasteiger partial charge is 0.250 e. The maximum absolute atomic E-state index is 11.8. The number of aromatic nitrogens is 3. The molecule has 0 spiro atoms. The van der Waals surface area contributed by atoms with Gasteiger partial charge < -0.3 is 14.6 Å². The van der Waals surface area contributed by atoms with Gasteiger partial charge in [0.2, 0.25) is 5.91 Å². The van der Waals surface area contributed by atoms with Crippen LogP contribution in [0.25, 0.3) is 11.4 Å². The van der Waals surface area contributed by atoms with Crippen molar-refractivity contribution in [3.8, 4) is 11.4 Å². The van der Waals surface area contributed by atoms with Crippen LogP contribution in [0.1, 0.15) is 20.8 Å². The molecule has 21 heavy (non-hydrogen) atoms. The molecule has 0 unspecified atom stereocenters. The minimum absolute atomic E-state index is 0.0362. The fraction of sp³-hybridized carbons (Fsp3) is 0.400. The highest BCUT2D eigenvalue weighted by atomic mass is 16.5. The number of amides is 1. The van der Waals surface area contributed by atoms with Crippen molar-refractivity contribution in [1.82, 2.24) is 14.8 Å². The lowest BCUT2D eigenvalue weighted by Crippen LogP contribution is -2.27. The molecule has 1 amide bonds. The standard InChI is InChI=1S/C15H20N4O2/c1-15(2,3)21-9-13(20)17-12-7-5-11(6-8-12)14-18-16-10-19(14)4/h5-8,10H,9H2,1-4H3,(H,17,20). The van der Waals surface area contributed by atoms with Crippen LogP contribution < -0.4 is 5.32 Å².